The maximum Gasteiger partial charge on any atom is 0.119 e. The lowest BCUT2D eigenvalue weighted by Gasteiger charge is -2.40. The van der Waals surface area contributed by atoms with E-state index in [1.54, 1.807) is 0 Å². The predicted octanol–water partition coefficient (Wildman–Crippen LogP) is 3.05. The first kappa shape index (κ1) is 14.9. The minimum absolute atomic E-state index is 0.118. The molecule has 2 unspecified atom stereocenters. The van der Waals surface area contributed by atoms with Crippen molar-refractivity contribution in [1.29, 1.82) is 0 Å². The smallest absolute Gasteiger partial charge is 0.119 e. The van der Waals surface area contributed by atoms with Crippen molar-refractivity contribution in [2.45, 2.75) is 69.6 Å². The van der Waals surface area contributed by atoms with E-state index in [-0.39, 0.29) is 18.2 Å². The molecule has 3 nitrogen and oxygen atoms in total. The van der Waals surface area contributed by atoms with E-state index in [0.29, 0.717) is 6.04 Å². The van der Waals surface area contributed by atoms with Gasteiger partial charge in [0.25, 0.3) is 0 Å². The van der Waals surface area contributed by atoms with Crippen LogP contribution in [-0.4, -0.2) is 29.4 Å². The van der Waals surface area contributed by atoms with E-state index in [4.69, 9.17) is 4.74 Å². The Morgan fingerprint density at radius 2 is 2.00 bits per heavy atom. The van der Waals surface area contributed by atoms with Gasteiger partial charge in [-0.05, 0) is 56.2 Å². The highest BCUT2D eigenvalue weighted by Crippen LogP contribution is 2.34. The molecule has 1 aromatic rings. The van der Waals surface area contributed by atoms with Crippen LogP contribution in [0.25, 0.3) is 0 Å². The Bertz CT molecular complexity index is 455. The fraction of sp³-hybridized carbons (Fsp3) is 0.667. The molecule has 2 aliphatic rings. The third-order valence-electron chi connectivity index (χ3n) is 4.82. The average molecular weight is 289 g/mol. The monoisotopic (exact) mass is 289 g/mol. The zero-order chi connectivity index (χ0) is 14.7. The lowest BCUT2D eigenvalue weighted by Crippen LogP contribution is -2.54. The SMILES string of the molecule is CCc1ccc(OC2CCCC(CO)(NC3CC3)C2)cc1. The van der Waals surface area contributed by atoms with E-state index in [9.17, 15) is 5.11 Å². The molecule has 0 radical (unpaired) electrons. The Labute approximate surface area is 127 Å². The molecule has 0 aliphatic heterocycles. The largest absolute Gasteiger partial charge is 0.490 e. The van der Waals surface area contributed by atoms with Gasteiger partial charge in [0.1, 0.15) is 11.9 Å². The Morgan fingerprint density at radius 3 is 2.62 bits per heavy atom. The number of aliphatic hydroxyl groups is 1. The molecule has 0 bridgehead atoms. The lowest BCUT2D eigenvalue weighted by atomic mass is 9.80. The summed E-state index contributed by atoms with van der Waals surface area (Å²) < 4.78 is 6.16. The van der Waals surface area contributed by atoms with E-state index in [1.165, 1.54) is 18.4 Å². The number of hydrogen-bond donors (Lipinski definition) is 2. The van der Waals surface area contributed by atoms with E-state index in [0.717, 1.165) is 37.9 Å². The minimum atomic E-state index is -0.118. The van der Waals surface area contributed by atoms with Crippen LogP contribution in [0.5, 0.6) is 5.75 Å². The highest BCUT2D eigenvalue weighted by atomic mass is 16.5. The molecule has 0 heterocycles. The average Bonchev–Trinajstić information content (AvgIpc) is 3.32. The molecule has 116 valence electrons. The summed E-state index contributed by atoms with van der Waals surface area (Å²) in [5.41, 5.74) is 1.22. The van der Waals surface area contributed by atoms with Crippen LogP contribution in [0.1, 0.15) is 51.0 Å². The maximum atomic E-state index is 9.85. The predicted molar refractivity (Wildman–Crippen MR) is 84.7 cm³/mol. The summed E-state index contributed by atoms with van der Waals surface area (Å²) in [5, 5.41) is 13.5. The number of benzene rings is 1. The van der Waals surface area contributed by atoms with Gasteiger partial charge in [-0.15, -0.1) is 0 Å². The zero-order valence-corrected chi connectivity index (χ0v) is 13.0. The molecule has 2 N–H and O–H groups in total. The summed E-state index contributed by atoms with van der Waals surface area (Å²) >= 11 is 0. The van der Waals surface area contributed by atoms with Gasteiger partial charge in [-0.25, -0.2) is 0 Å². The molecule has 0 spiro atoms. The first-order chi connectivity index (χ1) is 10.2. The van der Waals surface area contributed by atoms with Gasteiger partial charge >= 0.3 is 0 Å². The molecule has 0 amide bonds. The van der Waals surface area contributed by atoms with E-state index < -0.39 is 0 Å². The van der Waals surface area contributed by atoms with Crippen LogP contribution in [0.4, 0.5) is 0 Å². The third kappa shape index (κ3) is 3.78. The molecule has 2 saturated carbocycles. The summed E-state index contributed by atoms with van der Waals surface area (Å²) in [6.07, 6.45) is 7.97. The molecule has 3 heteroatoms. The Balaban J connectivity index is 1.61. The maximum absolute atomic E-state index is 9.85. The van der Waals surface area contributed by atoms with Crippen molar-refractivity contribution in [3.8, 4) is 5.75 Å². The summed E-state index contributed by atoms with van der Waals surface area (Å²) in [6, 6.07) is 9.05. The fourth-order valence-electron chi connectivity index (χ4n) is 3.39. The van der Waals surface area contributed by atoms with Crippen LogP contribution >= 0.6 is 0 Å². The molecule has 2 aliphatic carbocycles. The second-order valence-electron chi connectivity index (χ2n) is 6.69. The van der Waals surface area contributed by atoms with Crippen LogP contribution in [-0.2, 0) is 6.42 Å². The molecule has 3 rings (SSSR count). The normalized spacial score (nSPS) is 29.3. The number of aryl methyl sites for hydroxylation is 1. The molecule has 1 aromatic carbocycles. The van der Waals surface area contributed by atoms with Crippen molar-refractivity contribution < 1.29 is 9.84 Å². The second kappa shape index (κ2) is 6.37. The molecule has 0 aromatic heterocycles. The topological polar surface area (TPSA) is 41.5 Å². The van der Waals surface area contributed by atoms with Crippen LogP contribution in [0.15, 0.2) is 24.3 Å². The molecular weight excluding hydrogens is 262 g/mol. The Morgan fingerprint density at radius 1 is 1.24 bits per heavy atom. The lowest BCUT2D eigenvalue weighted by molar-refractivity contribution is 0.0497. The van der Waals surface area contributed by atoms with Gasteiger partial charge in [-0.1, -0.05) is 19.1 Å². The molecule has 21 heavy (non-hydrogen) atoms. The second-order valence-corrected chi connectivity index (χ2v) is 6.69. The van der Waals surface area contributed by atoms with Gasteiger partial charge in [0.2, 0.25) is 0 Å². The summed E-state index contributed by atoms with van der Waals surface area (Å²) in [6.45, 7) is 2.38. The van der Waals surface area contributed by atoms with Gasteiger partial charge < -0.3 is 15.2 Å². The summed E-state index contributed by atoms with van der Waals surface area (Å²) in [7, 11) is 0. The quantitative estimate of drug-likeness (QED) is 0.846. The van der Waals surface area contributed by atoms with Gasteiger partial charge in [0, 0.05) is 18.0 Å². The number of aliphatic hydroxyl groups excluding tert-OH is 1. The number of rotatable bonds is 6. The van der Waals surface area contributed by atoms with Gasteiger partial charge in [-0.2, -0.15) is 0 Å². The molecule has 0 saturated heterocycles. The van der Waals surface area contributed by atoms with E-state index >= 15 is 0 Å². The van der Waals surface area contributed by atoms with Crippen LogP contribution in [0.3, 0.4) is 0 Å². The fourth-order valence-corrected chi connectivity index (χ4v) is 3.39. The molecule has 2 atom stereocenters. The van der Waals surface area contributed by atoms with Crippen LogP contribution < -0.4 is 10.1 Å². The first-order valence-electron chi connectivity index (χ1n) is 8.37. The van der Waals surface area contributed by atoms with Gasteiger partial charge in [-0.3, -0.25) is 0 Å². The highest BCUT2D eigenvalue weighted by Gasteiger charge is 2.40. The van der Waals surface area contributed by atoms with Crippen molar-refractivity contribution in [3.63, 3.8) is 0 Å². The third-order valence-corrected chi connectivity index (χ3v) is 4.82. The Hall–Kier alpha value is -1.06. The first-order valence-corrected chi connectivity index (χ1v) is 8.37. The number of nitrogens with one attached hydrogen (secondary N) is 1. The standard InChI is InChI=1S/C18H27NO2/c1-2-14-5-9-16(10-6-14)21-17-4-3-11-18(12-17,13-20)19-15-7-8-15/h5-6,9-10,15,17,19-20H,2-4,7-8,11-13H2,1H3. The molecule has 2 fully saturated rings. The van der Waals surface area contributed by atoms with Crippen molar-refractivity contribution in [2.24, 2.45) is 0 Å². The van der Waals surface area contributed by atoms with Crippen molar-refractivity contribution in [3.05, 3.63) is 29.8 Å². The van der Waals surface area contributed by atoms with Crippen molar-refractivity contribution >= 4 is 0 Å². The minimum Gasteiger partial charge on any atom is -0.490 e. The summed E-state index contributed by atoms with van der Waals surface area (Å²) in [4.78, 5) is 0. The van der Waals surface area contributed by atoms with Crippen molar-refractivity contribution in [1.82, 2.24) is 5.32 Å². The number of ether oxygens (including phenoxy) is 1. The Kier molecular flexibility index (Phi) is 4.51. The van der Waals surface area contributed by atoms with E-state index in [2.05, 4.69) is 36.5 Å². The zero-order valence-electron chi connectivity index (χ0n) is 13.0. The highest BCUT2D eigenvalue weighted by molar-refractivity contribution is 5.27. The van der Waals surface area contributed by atoms with E-state index in [1.807, 2.05) is 0 Å². The molecular formula is C18H27NO2. The van der Waals surface area contributed by atoms with Crippen LogP contribution in [0, 0.1) is 0 Å². The summed E-state index contributed by atoms with van der Waals surface area (Å²) in [5.74, 6) is 0.956. The van der Waals surface area contributed by atoms with Crippen molar-refractivity contribution in [2.75, 3.05) is 6.61 Å². The number of hydrogen-bond acceptors (Lipinski definition) is 3. The van der Waals surface area contributed by atoms with Gasteiger partial charge in [0.15, 0.2) is 0 Å². The van der Waals surface area contributed by atoms with Crippen LogP contribution in [0.2, 0.25) is 0 Å². The van der Waals surface area contributed by atoms with Gasteiger partial charge in [0.05, 0.1) is 6.61 Å².